The minimum atomic E-state index is -0.507. The van der Waals surface area contributed by atoms with Crippen molar-refractivity contribution in [1.29, 1.82) is 0 Å². The molecule has 0 spiro atoms. The molecule has 0 aliphatic carbocycles. The van der Waals surface area contributed by atoms with Gasteiger partial charge in [-0.05, 0) is 0 Å². The van der Waals surface area contributed by atoms with Crippen LogP contribution in [0.1, 0.15) is 20.8 Å². The van der Waals surface area contributed by atoms with Gasteiger partial charge >= 0.3 is 0 Å². The first-order valence-electron chi connectivity index (χ1n) is 2.20. The Hall–Kier alpha value is 1.68. The molecule has 0 aliphatic rings. The third-order valence-electron chi connectivity index (χ3n) is 0.681. The summed E-state index contributed by atoms with van der Waals surface area (Å²) in [6, 6.07) is 0. The first-order valence-corrected chi connectivity index (χ1v) is 2.20. The second-order valence-electron chi connectivity index (χ2n) is 2.58. The summed E-state index contributed by atoms with van der Waals surface area (Å²) in [7, 11) is 0. The van der Waals surface area contributed by atoms with Crippen LogP contribution in [0.5, 0.6) is 0 Å². The molecular weight excluding hydrogens is 268 g/mol. The zero-order valence-corrected chi connectivity index (χ0v) is 11.7. The Labute approximate surface area is 106 Å². The monoisotopic (exact) mass is 278 g/mol. The zero-order chi connectivity index (χ0) is 6.08. The Morgan fingerprint density at radius 1 is 1.22 bits per heavy atom. The van der Waals surface area contributed by atoms with E-state index in [-0.39, 0.29) is 65.4 Å². The molecule has 9 heavy (non-hydrogen) atoms. The minimum Gasteiger partial charge on any atom is -0.667 e. The second-order valence-corrected chi connectivity index (χ2v) is 2.58. The van der Waals surface area contributed by atoms with E-state index in [2.05, 4.69) is 0 Å². The van der Waals surface area contributed by atoms with E-state index in [1.54, 1.807) is 20.8 Å². The van der Waals surface area contributed by atoms with Gasteiger partial charge in [0.15, 0.2) is 0 Å². The van der Waals surface area contributed by atoms with Crippen LogP contribution >= 0.6 is 0 Å². The van der Waals surface area contributed by atoms with E-state index in [0.29, 0.717) is 0 Å². The van der Waals surface area contributed by atoms with Crippen LogP contribution in [0.15, 0.2) is 0 Å². The molecular formula is C5H10NOY2-. The van der Waals surface area contributed by atoms with Gasteiger partial charge in [0.2, 0.25) is 0 Å². The first kappa shape index (κ1) is 17.0. The van der Waals surface area contributed by atoms with Crippen molar-refractivity contribution < 1.29 is 70.2 Å². The number of hydrogen-bond donors (Lipinski definition) is 0. The summed E-state index contributed by atoms with van der Waals surface area (Å²) >= 11 is 0. The molecule has 0 unspecified atom stereocenters. The number of carbonyl (C=O) groups excluding carboxylic acids is 1. The molecule has 0 saturated carbocycles. The van der Waals surface area contributed by atoms with Crippen LogP contribution in [0.3, 0.4) is 0 Å². The van der Waals surface area contributed by atoms with E-state index in [1.165, 1.54) is 0 Å². The van der Waals surface area contributed by atoms with Gasteiger partial charge < -0.3 is 10.5 Å². The van der Waals surface area contributed by atoms with Gasteiger partial charge in [-0.2, -0.15) is 0 Å². The Bertz CT molecular complexity index is 87.4. The quantitative estimate of drug-likeness (QED) is 0.663. The molecule has 0 bridgehead atoms. The predicted molar refractivity (Wildman–Crippen MR) is 28.8 cm³/mol. The molecule has 1 N–H and O–H groups in total. The average Bonchev–Trinajstić information content (AvgIpc) is 1.31. The molecule has 0 aromatic rings. The van der Waals surface area contributed by atoms with E-state index in [1.807, 2.05) is 0 Å². The maximum absolute atomic E-state index is 10.1. The van der Waals surface area contributed by atoms with E-state index >= 15 is 0 Å². The van der Waals surface area contributed by atoms with Crippen LogP contribution in [0.4, 0.5) is 0 Å². The first-order chi connectivity index (χ1) is 2.94. The number of amides is 1. The molecule has 0 atom stereocenters. The number of rotatable bonds is 0. The molecule has 48 valence electrons. The zero-order valence-electron chi connectivity index (χ0n) is 6.06. The van der Waals surface area contributed by atoms with E-state index in [9.17, 15) is 4.79 Å². The standard InChI is InChI=1S/C5H11NO.2Y/c1-5(2,3)4(6)7;;/h1-3H3,(H2,6,7);;/p-1. The van der Waals surface area contributed by atoms with Gasteiger partial charge in [0.05, 0.1) is 5.91 Å². The van der Waals surface area contributed by atoms with Gasteiger partial charge in [-0.3, -0.25) is 0 Å². The van der Waals surface area contributed by atoms with Gasteiger partial charge in [-0.25, -0.2) is 0 Å². The molecule has 0 saturated heterocycles. The Morgan fingerprint density at radius 3 is 1.33 bits per heavy atom. The molecule has 1 amide bonds. The SMILES string of the molecule is CC(C)(C)C([NH-])=O.[Y].[Y]. The van der Waals surface area contributed by atoms with Crippen molar-refractivity contribution in [2.75, 3.05) is 0 Å². The van der Waals surface area contributed by atoms with Crippen LogP contribution in [-0.2, 0) is 70.2 Å². The molecule has 2 radical (unpaired) electrons. The molecule has 0 heterocycles. The fourth-order valence-corrected chi connectivity index (χ4v) is 0. The molecule has 0 rings (SSSR count). The maximum Gasteiger partial charge on any atom is 0.0542 e. The van der Waals surface area contributed by atoms with Crippen molar-refractivity contribution in [3.8, 4) is 0 Å². The molecule has 0 fully saturated rings. The van der Waals surface area contributed by atoms with Gasteiger partial charge in [0.25, 0.3) is 0 Å². The Kier molecular flexibility index (Phi) is 12.0. The summed E-state index contributed by atoms with van der Waals surface area (Å²) < 4.78 is 0. The van der Waals surface area contributed by atoms with Crippen molar-refractivity contribution in [2.24, 2.45) is 5.41 Å². The van der Waals surface area contributed by atoms with Gasteiger partial charge in [0, 0.05) is 70.8 Å². The normalized spacial score (nSPS) is 8.78. The fourth-order valence-electron chi connectivity index (χ4n) is 0. The van der Waals surface area contributed by atoms with Crippen molar-refractivity contribution in [3.63, 3.8) is 0 Å². The van der Waals surface area contributed by atoms with Crippen molar-refractivity contribution >= 4 is 5.91 Å². The largest absolute Gasteiger partial charge is 0.667 e. The Balaban J connectivity index is -0.000000180. The van der Waals surface area contributed by atoms with E-state index < -0.39 is 11.3 Å². The Morgan fingerprint density at radius 2 is 1.33 bits per heavy atom. The van der Waals surface area contributed by atoms with Crippen LogP contribution in [0.25, 0.3) is 5.73 Å². The molecule has 0 aromatic carbocycles. The third kappa shape index (κ3) is 9.68. The van der Waals surface area contributed by atoms with Gasteiger partial charge in [-0.15, -0.1) is 0 Å². The van der Waals surface area contributed by atoms with E-state index in [0.717, 1.165) is 0 Å². The summed E-state index contributed by atoms with van der Waals surface area (Å²) in [5.41, 5.74) is 6.12. The number of carbonyl (C=O) groups is 1. The second kappa shape index (κ2) is 6.39. The van der Waals surface area contributed by atoms with Gasteiger partial charge in [0.1, 0.15) is 0 Å². The summed E-state index contributed by atoms with van der Waals surface area (Å²) in [6.07, 6.45) is 0. The van der Waals surface area contributed by atoms with Crippen LogP contribution < -0.4 is 0 Å². The van der Waals surface area contributed by atoms with Crippen LogP contribution in [0, 0.1) is 5.41 Å². The van der Waals surface area contributed by atoms with E-state index in [4.69, 9.17) is 5.73 Å². The average molecular weight is 278 g/mol. The number of nitrogens with one attached hydrogen (secondary N) is 1. The van der Waals surface area contributed by atoms with Crippen molar-refractivity contribution in [3.05, 3.63) is 5.73 Å². The maximum atomic E-state index is 10.1. The summed E-state index contributed by atoms with van der Waals surface area (Å²) in [6.45, 7) is 5.17. The summed E-state index contributed by atoms with van der Waals surface area (Å²) in [5.74, 6) is -0.507. The molecule has 4 heteroatoms. The fraction of sp³-hybridized carbons (Fsp3) is 0.800. The topological polar surface area (TPSA) is 40.9 Å². The van der Waals surface area contributed by atoms with Gasteiger partial charge in [-0.1, -0.05) is 20.8 Å². The minimum absolute atomic E-state index is 0. The molecule has 0 aliphatic heterocycles. The number of hydrogen-bond acceptors (Lipinski definition) is 1. The third-order valence-corrected chi connectivity index (χ3v) is 0.681. The summed E-state index contributed by atoms with van der Waals surface area (Å²) in [4.78, 5) is 10.1. The smallest absolute Gasteiger partial charge is 0.0542 e. The van der Waals surface area contributed by atoms with Crippen LogP contribution in [0.2, 0.25) is 0 Å². The van der Waals surface area contributed by atoms with Crippen LogP contribution in [-0.4, -0.2) is 5.91 Å². The molecule has 2 nitrogen and oxygen atoms in total. The predicted octanol–water partition coefficient (Wildman–Crippen LogP) is 1.61. The van der Waals surface area contributed by atoms with Crippen molar-refractivity contribution in [1.82, 2.24) is 0 Å². The van der Waals surface area contributed by atoms with Crippen molar-refractivity contribution in [2.45, 2.75) is 20.8 Å². The summed E-state index contributed by atoms with van der Waals surface area (Å²) in [5, 5.41) is 0. The molecule has 0 aromatic heterocycles.